The first-order valence-corrected chi connectivity index (χ1v) is 10.8. The van der Waals surface area contributed by atoms with E-state index in [1.54, 1.807) is 53.9 Å². The molecule has 0 saturated heterocycles. The van der Waals surface area contributed by atoms with E-state index in [1.165, 1.54) is 6.08 Å². The predicted molar refractivity (Wildman–Crippen MR) is 138 cm³/mol. The lowest BCUT2D eigenvalue weighted by Gasteiger charge is -2.14. The second-order valence-electron chi connectivity index (χ2n) is 7.29. The van der Waals surface area contributed by atoms with Crippen molar-refractivity contribution in [2.24, 2.45) is 0 Å². The van der Waals surface area contributed by atoms with E-state index in [0.29, 0.717) is 34.3 Å². The van der Waals surface area contributed by atoms with Crippen LogP contribution in [0.15, 0.2) is 66.9 Å². The Morgan fingerprint density at radius 3 is 1.89 bits per heavy atom. The van der Waals surface area contributed by atoms with Crippen LogP contribution in [0.3, 0.4) is 0 Å². The fourth-order valence-electron chi connectivity index (χ4n) is 3.45. The smallest absolute Gasteiger partial charge is 0.203 e. The molecule has 3 aromatic carbocycles. The Balaban J connectivity index is 1.94. The van der Waals surface area contributed by atoms with Gasteiger partial charge in [-0.1, -0.05) is 42.5 Å². The molecule has 0 aliphatic carbocycles. The van der Waals surface area contributed by atoms with E-state index in [4.69, 9.17) is 23.7 Å². The highest BCUT2D eigenvalue weighted by molar-refractivity contribution is 6.04. The van der Waals surface area contributed by atoms with Gasteiger partial charge in [-0.15, -0.1) is 0 Å². The van der Waals surface area contributed by atoms with Crippen molar-refractivity contribution in [3.05, 3.63) is 83.6 Å². The van der Waals surface area contributed by atoms with Gasteiger partial charge in [0.05, 0.1) is 35.5 Å². The lowest BCUT2D eigenvalue weighted by molar-refractivity contribution is 0.104. The molecule has 182 valence electrons. The van der Waals surface area contributed by atoms with Gasteiger partial charge < -0.3 is 29.0 Å². The van der Waals surface area contributed by atoms with Crippen molar-refractivity contribution < 1.29 is 28.5 Å². The molecule has 0 aromatic heterocycles. The summed E-state index contributed by atoms with van der Waals surface area (Å²) in [6.07, 6.45) is 6.92. The van der Waals surface area contributed by atoms with Crippen LogP contribution < -0.4 is 29.0 Å². The molecule has 7 heteroatoms. The number of hydrogen-bond acceptors (Lipinski definition) is 7. The summed E-state index contributed by atoms with van der Waals surface area (Å²) in [5.74, 6) is 2.66. The van der Waals surface area contributed by atoms with Crippen LogP contribution in [0.5, 0.6) is 28.7 Å². The topological polar surface area (TPSA) is 75.3 Å². The minimum atomic E-state index is -0.104. The first kappa shape index (κ1) is 25.2. The summed E-state index contributed by atoms with van der Waals surface area (Å²) in [5, 5.41) is 3.18. The fraction of sp³-hybridized carbons (Fsp3) is 0.179. The molecular weight excluding hydrogens is 446 g/mol. The molecule has 0 unspecified atom stereocenters. The molecule has 0 radical (unpaired) electrons. The standard InChI is InChI=1S/C28H29NO6/c1-31-24-17-21(12-11-19-15-26(33-3)28(35-5)27(16-19)34-4)22(18-25(24)32-2)29-14-13-23(30)20-9-7-6-8-10-20/h6-18,29H,1-5H3/b12-11+,14-13-. The van der Waals surface area contributed by atoms with Crippen LogP contribution in [0.4, 0.5) is 5.69 Å². The van der Waals surface area contributed by atoms with Gasteiger partial charge in [0, 0.05) is 35.2 Å². The third kappa shape index (κ3) is 6.14. The molecule has 0 aliphatic heterocycles. The summed E-state index contributed by atoms with van der Waals surface area (Å²) >= 11 is 0. The normalized spacial score (nSPS) is 10.9. The molecule has 3 aromatic rings. The average Bonchev–Trinajstić information content (AvgIpc) is 2.91. The Kier molecular flexibility index (Phi) is 8.78. The predicted octanol–water partition coefficient (Wildman–Crippen LogP) is 5.71. The van der Waals surface area contributed by atoms with Gasteiger partial charge in [0.25, 0.3) is 0 Å². The number of nitrogens with one attached hydrogen (secondary N) is 1. The van der Waals surface area contributed by atoms with E-state index in [0.717, 1.165) is 16.8 Å². The number of ketones is 1. The van der Waals surface area contributed by atoms with E-state index < -0.39 is 0 Å². The Bertz CT molecular complexity index is 1190. The van der Waals surface area contributed by atoms with Gasteiger partial charge in [-0.3, -0.25) is 4.79 Å². The molecule has 0 saturated carbocycles. The molecular formula is C28H29NO6. The second kappa shape index (κ2) is 12.2. The summed E-state index contributed by atoms with van der Waals surface area (Å²) in [7, 11) is 7.86. The maximum atomic E-state index is 12.4. The monoisotopic (exact) mass is 475 g/mol. The number of carbonyl (C=O) groups is 1. The maximum absolute atomic E-state index is 12.4. The lowest BCUT2D eigenvalue weighted by Crippen LogP contribution is -1.99. The lowest BCUT2D eigenvalue weighted by atomic mass is 10.1. The molecule has 3 rings (SSSR count). The molecule has 0 amide bonds. The minimum Gasteiger partial charge on any atom is -0.493 e. The summed E-state index contributed by atoms with van der Waals surface area (Å²) in [5.41, 5.74) is 2.99. The van der Waals surface area contributed by atoms with Crippen LogP contribution in [0, 0.1) is 0 Å². The van der Waals surface area contributed by atoms with Gasteiger partial charge in [-0.05, 0) is 23.8 Å². The molecule has 0 atom stereocenters. The summed E-state index contributed by atoms with van der Waals surface area (Å²) < 4.78 is 27.2. The zero-order chi connectivity index (χ0) is 25.2. The van der Waals surface area contributed by atoms with E-state index in [1.807, 2.05) is 54.6 Å². The highest BCUT2D eigenvalue weighted by Gasteiger charge is 2.13. The van der Waals surface area contributed by atoms with Crippen LogP contribution in [0.1, 0.15) is 21.5 Å². The number of benzene rings is 3. The van der Waals surface area contributed by atoms with Gasteiger partial charge in [-0.25, -0.2) is 0 Å². The number of carbonyl (C=O) groups excluding carboxylic acids is 1. The van der Waals surface area contributed by atoms with Gasteiger partial charge in [-0.2, -0.15) is 0 Å². The molecule has 35 heavy (non-hydrogen) atoms. The van der Waals surface area contributed by atoms with E-state index in [2.05, 4.69) is 5.32 Å². The van der Waals surface area contributed by atoms with Crippen LogP contribution in [-0.4, -0.2) is 41.3 Å². The third-order valence-electron chi connectivity index (χ3n) is 5.23. The van der Waals surface area contributed by atoms with Crippen molar-refractivity contribution in [1.82, 2.24) is 0 Å². The zero-order valence-electron chi connectivity index (χ0n) is 20.5. The highest BCUT2D eigenvalue weighted by atomic mass is 16.5. The Labute approximate surface area is 205 Å². The molecule has 1 N–H and O–H groups in total. The van der Waals surface area contributed by atoms with Crippen molar-refractivity contribution in [2.45, 2.75) is 0 Å². The second-order valence-corrected chi connectivity index (χ2v) is 7.29. The van der Waals surface area contributed by atoms with Crippen molar-refractivity contribution in [2.75, 3.05) is 40.9 Å². The Morgan fingerprint density at radius 2 is 1.31 bits per heavy atom. The quantitative estimate of drug-likeness (QED) is 0.216. The first-order chi connectivity index (χ1) is 17.0. The average molecular weight is 476 g/mol. The fourth-order valence-corrected chi connectivity index (χ4v) is 3.45. The van der Waals surface area contributed by atoms with Crippen LogP contribution in [0.2, 0.25) is 0 Å². The molecule has 0 spiro atoms. The van der Waals surface area contributed by atoms with Gasteiger partial charge in [0.2, 0.25) is 5.75 Å². The third-order valence-corrected chi connectivity index (χ3v) is 5.23. The van der Waals surface area contributed by atoms with Crippen LogP contribution in [-0.2, 0) is 0 Å². The zero-order valence-corrected chi connectivity index (χ0v) is 20.5. The molecule has 0 bridgehead atoms. The van der Waals surface area contributed by atoms with Crippen molar-refractivity contribution in [3.63, 3.8) is 0 Å². The van der Waals surface area contributed by atoms with Gasteiger partial charge >= 0.3 is 0 Å². The van der Waals surface area contributed by atoms with Crippen LogP contribution in [0.25, 0.3) is 12.2 Å². The van der Waals surface area contributed by atoms with Gasteiger partial charge in [0.15, 0.2) is 28.8 Å². The molecule has 0 fully saturated rings. The largest absolute Gasteiger partial charge is 0.493 e. The number of rotatable bonds is 11. The molecule has 7 nitrogen and oxygen atoms in total. The van der Waals surface area contributed by atoms with Crippen LogP contribution >= 0.6 is 0 Å². The van der Waals surface area contributed by atoms with Gasteiger partial charge in [0.1, 0.15) is 0 Å². The van der Waals surface area contributed by atoms with Crippen molar-refractivity contribution in [1.29, 1.82) is 0 Å². The maximum Gasteiger partial charge on any atom is 0.203 e. The van der Waals surface area contributed by atoms with Crippen molar-refractivity contribution in [3.8, 4) is 28.7 Å². The summed E-state index contributed by atoms with van der Waals surface area (Å²) in [6.45, 7) is 0. The number of anilines is 1. The number of ether oxygens (including phenoxy) is 5. The molecule has 0 aliphatic rings. The van der Waals surface area contributed by atoms with E-state index >= 15 is 0 Å². The number of hydrogen-bond donors (Lipinski definition) is 1. The summed E-state index contributed by atoms with van der Waals surface area (Å²) in [6, 6.07) is 16.4. The van der Waals surface area contributed by atoms with E-state index in [9.17, 15) is 4.79 Å². The first-order valence-electron chi connectivity index (χ1n) is 10.8. The minimum absolute atomic E-state index is 0.104. The number of allylic oxidation sites excluding steroid dienone is 1. The Hall–Kier alpha value is -4.39. The van der Waals surface area contributed by atoms with E-state index in [-0.39, 0.29) is 5.78 Å². The highest BCUT2D eigenvalue weighted by Crippen LogP contribution is 2.39. The van der Waals surface area contributed by atoms with Crippen molar-refractivity contribution >= 4 is 23.6 Å². The number of methoxy groups -OCH3 is 5. The summed E-state index contributed by atoms with van der Waals surface area (Å²) in [4.78, 5) is 12.4. The Morgan fingerprint density at radius 1 is 0.714 bits per heavy atom. The SMILES string of the molecule is COc1cc(/C=C/c2cc(OC)c(OC)c(OC)c2)c(N/C=C\C(=O)c2ccccc2)cc1OC. The molecule has 0 heterocycles.